The summed E-state index contributed by atoms with van der Waals surface area (Å²) in [5.74, 6) is -0.942. The first-order valence-corrected chi connectivity index (χ1v) is 15.7. The molecule has 2 aromatic carbocycles. The second-order valence-corrected chi connectivity index (χ2v) is 11.3. The lowest BCUT2D eigenvalue weighted by molar-refractivity contribution is -0.213. The molecule has 15 heteroatoms. The van der Waals surface area contributed by atoms with Crippen molar-refractivity contribution >= 4 is 23.5 Å². The molecule has 0 aliphatic carbocycles. The largest absolute Gasteiger partial charge is 0.505 e. The molecule has 2 aliphatic heterocycles. The minimum Gasteiger partial charge on any atom is -0.379 e. The van der Waals surface area contributed by atoms with Crippen LogP contribution in [0.2, 0.25) is 0 Å². The van der Waals surface area contributed by atoms with Crippen LogP contribution in [-0.4, -0.2) is 87.6 Å². The summed E-state index contributed by atoms with van der Waals surface area (Å²) in [6, 6.07) is 19.0. The maximum Gasteiger partial charge on any atom is 0.505 e. The molecule has 2 N–H and O–H groups in total. The fourth-order valence-electron chi connectivity index (χ4n) is 5.50. The van der Waals surface area contributed by atoms with Gasteiger partial charge in [-0.15, -0.1) is 13.2 Å². The summed E-state index contributed by atoms with van der Waals surface area (Å²) in [6.07, 6.45) is -2.25. The lowest BCUT2D eigenvalue weighted by atomic mass is 10.0. The van der Waals surface area contributed by atoms with Gasteiger partial charge < -0.3 is 15.4 Å². The van der Waals surface area contributed by atoms with E-state index in [9.17, 15) is 27.6 Å². The van der Waals surface area contributed by atoms with Gasteiger partial charge >= 0.3 is 6.30 Å². The van der Waals surface area contributed by atoms with Crippen molar-refractivity contribution in [1.82, 2.24) is 35.1 Å². The van der Waals surface area contributed by atoms with E-state index in [2.05, 4.69) is 32.3 Å². The van der Waals surface area contributed by atoms with Gasteiger partial charge in [-0.1, -0.05) is 55.1 Å². The highest BCUT2D eigenvalue weighted by molar-refractivity contribution is 6.03. The van der Waals surface area contributed by atoms with Gasteiger partial charge in [-0.2, -0.15) is 14.9 Å². The molecule has 2 aromatic heterocycles. The molecular weight excluding hydrogens is 641 g/mol. The van der Waals surface area contributed by atoms with Gasteiger partial charge in [0.15, 0.2) is 0 Å². The highest BCUT2D eigenvalue weighted by atomic mass is 19.4. The number of fused-ring (bicyclic) bond motifs is 1. The zero-order valence-corrected chi connectivity index (χ0v) is 26.9. The molecule has 258 valence electrons. The number of rotatable bonds is 9. The van der Waals surface area contributed by atoms with Crippen LogP contribution in [0.4, 0.5) is 19.0 Å². The summed E-state index contributed by atoms with van der Waals surface area (Å²) in [5.41, 5.74) is 2.48. The molecule has 6 rings (SSSR count). The van der Waals surface area contributed by atoms with Crippen LogP contribution < -0.4 is 15.5 Å². The number of anilines is 1. The number of benzene rings is 2. The monoisotopic (exact) mass is 678 g/mol. The van der Waals surface area contributed by atoms with Crippen molar-refractivity contribution in [2.45, 2.75) is 32.2 Å². The lowest BCUT2D eigenvalue weighted by Crippen LogP contribution is -2.53. The van der Waals surface area contributed by atoms with Crippen LogP contribution in [0.25, 0.3) is 5.69 Å². The van der Waals surface area contributed by atoms with E-state index in [1.54, 1.807) is 17.8 Å². The van der Waals surface area contributed by atoms with E-state index >= 15 is 0 Å². The number of alkyl halides is 3. The Bertz CT molecular complexity index is 1750. The Morgan fingerprint density at radius 2 is 1.67 bits per heavy atom. The second-order valence-electron chi connectivity index (χ2n) is 11.3. The van der Waals surface area contributed by atoms with Gasteiger partial charge in [-0.3, -0.25) is 24.2 Å². The summed E-state index contributed by atoms with van der Waals surface area (Å²) in [7, 11) is 0. The topological polar surface area (TPSA) is 127 Å². The third kappa shape index (κ3) is 8.61. The van der Waals surface area contributed by atoms with Crippen LogP contribution in [0.1, 0.15) is 28.5 Å². The zero-order chi connectivity index (χ0) is 35.0. The molecule has 1 atom stereocenters. The van der Waals surface area contributed by atoms with E-state index in [4.69, 9.17) is 4.74 Å². The number of nitrogens with zero attached hydrogens (tertiary/aromatic N) is 6. The van der Waals surface area contributed by atoms with Gasteiger partial charge in [0.05, 0.1) is 31.3 Å². The molecule has 1 fully saturated rings. The minimum absolute atomic E-state index is 0.0738. The maximum absolute atomic E-state index is 13.0. The number of morpholine rings is 1. The number of likely N-dealkylation sites (N-methyl/N-ethyl adjacent to an activating group) is 1. The van der Waals surface area contributed by atoms with Crippen molar-refractivity contribution in [3.05, 3.63) is 108 Å². The number of nitrogens with one attached hydrogen (secondary N) is 2. The van der Waals surface area contributed by atoms with E-state index in [1.807, 2.05) is 60.7 Å². The quantitative estimate of drug-likeness (QED) is 0.260. The molecule has 49 heavy (non-hydrogen) atoms. The van der Waals surface area contributed by atoms with Crippen LogP contribution in [0.5, 0.6) is 0 Å². The highest BCUT2D eigenvalue weighted by Gasteiger charge is 2.39. The normalized spacial score (nSPS) is 16.3. The molecule has 0 bridgehead atoms. The molecule has 0 radical (unpaired) electrons. The van der Waals surface area contributed by atoms with Gasteiger partial charge in [0.1, 0.15) is 17.6 Å². The van der Waals surface area contributed by atoms with Crippen LogP contribution in [0, 0.1) is 0 Å². The first-order chi connectivity index (χ1) is 23.6. The Balaban J connectivity index is 0.000000212. The molecule has 1 unspecified atom stereocenters. The number of halogens is 3. The Morgan fingerprint density at radius 1 is 1.00 bits per heavy atom. The van der Waals surface area contributed by atoms with Crippen molar-refractivity contribution in [1.29, 1.82) is 0 Å². The van der Waals surface area contributed by atoms with Crippen LogP contribution in [-0.2, 0) is 33.6 Å². The van der Waals surface area contributed by atoms with Gasteiger partial charge in [0, 0.05) is 50.3 Å². The van der Waals surface area contributed by atoms with Gasteiger partial charge in [0.25, 0.3) is 11.8 Å². The summed E-state index contributed by atoms with van der Waals surface area (Å²) >= 11 is 0. The van der Waals surface area contributed by atoms with Crippen molar-refractivity contribution in [3.8, 4) is 5.69 Å². The Morgan fingerprint density at radius 3 is 2.33 bits per heavy atom. The van der Waals surface area contributed by atoms with Gasteiger partial charge in [-0.25, -0.2) is 4.68 Å². The fraction of sp³-hybridized carbons (Fsp3) is 0.324. The molecule has 12 nitrogen and oxygen atoms in total. The van der Waals surface area contributed by atoms with Crippen LogP contribution >= 0.6 is 0 Å². The fourth-order valence-corrected chi connectivity index (χ4v) is 5.50. The second kappa shape index (κ2) is 15.7. The van der Waals surface area contributed by atoms with Crippen molar-refractivity contribution in [2.24, 2.45) is 0 Å². The molecule has 4 aromatic rings. The Kier molecular flexibility index (Phi) is 11.3. The maximum atomic E-state index is 13.0. The number of ether oxygens (including phenoxy) is 1. The average molecular weight is 679 g/mol. The molecule has 1 saturated heterocycles. The Labute approximate surface area is 281 Å². The number of carbonyl (C=O) groups excluding carboxylic acids is 3. The number of carbonyl (C=O) groups is 3. The molecular formula is C34H37F3N8O4. The molecule has 2 aliphatic rings. The van der Waals surface area contributed by atoms with Crippen LogP contribution in [0.15, 0.2) is 91.3 Å². The SMILES string of the molecule is C=C(CN1CCOCC1)C(=O)NCc1ccccc1.CCN1C(=O)C(NC(=O)c2ccnn2C(F)(F)F)Cc2cnn(-c3ccccc3)c21. The molecule has 0 spiro atoms. The molecule has 0 saturated carbocycles. The van der Waals surface area contributed by atoms with E-state index in [1.165, 1.54) is 4.90 Å². The smallest absolute Gasteiger partial charge is 0.379 e. The number of hydrogen-bond donors (Lipinski definition) is 2. The third-order valence-corrected chi connectivity index (χ3v) is 7.93. The predicted molar refractivity (Wildman–Crippen MR) is 175 cm³/mol. The van der Waals surface area contributed by atoms with Crippen molar-refractivity contribution in [2.75, 3.05) is 44.3 Å². The van der Waals surface area contributed by atoms with E-state index in [-0.39, 0.29) is 17.0 Å². The lowest BCUT2D eigenvalue weighted by Gasteiger charge is -2.32. The summed E-state index contributed by atoms with van der Waals surface area (Å²) in [6.45, 7) is 10.3. The number of hydrogen-bond acceptors (Lipinski definition) is 7. The van der Waals surface area contributed by atoms with Gasteiger partial charge in [0.2, 0.25) is 5.91 Å². The summed E-state index contributed by atoms with van der Waals surface area (Å²) in [5, 5.41) is 12.8. The van der Waals surface area contributed by atoms with Crippen LogP contribution in [0.3, 0.4) is 0 Å². The third-order valence-electron chi connectivity index (χ3n) is 7.93. The zero-order valence-electron chi connectivity index (χ0n) is 26.9. The minimum atomic E-state index is -4.84. The standard InChI is InChI=1S/C19H17F3N6O2.C15H20N2O2/c1-2-26-17-12(11-24-27(17)13-6-4-3-5-7-13)10-14(18(26)30)25-16(29)15-8-9-23-28(15)19(20,21)22;1-13(12-17-7-9-19-10-8-17)15(18)16-11-14-5-3-2-4-6-14/h3-9,11,14H,2,10H2,1H3,(H,25,29);2-6H,1,7-12H2,(H,16,18). The molecule has 3 amide bonds. The van der Waals surface area contributed by atoms with E-state index in [0.29, 0.717) is 36.6 Å². The summed E-state index contributed by atoms with van der Waals surface area (Å²) in [4.78, 5) is 41.0. The number of amides is 3. The first-order valence-electron chi connectivity index (χ1n) is 15.7. The van der Waals surface area contributed by atoms with Gasteiger partial charge in [-0.05, 0) is 30.7 Å². The highest BCUT2D eigenvalue weighted by Crippen LogP contribution is 2.30. The Hall–Kier alpha value is -5.28. The van der Waals surface area contributed by atoms with E-state index < -0.39 is 29.9 Å². The predicted octanol–water partition coefficient (Wildman–Crippen LogP) is 3.44. The van der Waals surface area contributed by atoms with Crippen molar-refractivity contribution in [3.63, 3.8) is 0 Å². The van der Waals surface area contributed by atoms with E-state index in [0.717, 1.165) is 49.8 Å². The summed E-state index contributed by atoms with van der Waals surface area (Å²) < 4.78 is 45.6. The number of para-hydroxylation sites is 1. The first kappa shape index (κ1) is 35.0. The average Bonchev–Trinajstić information content (AvgIpc) is 3.78. The van der Waals surface area contributed by atoms with Crippen molar-refractivity contribution < 1.29 is 32.3 Å². The number of aromatic nitrogens is 4. The molecule has 4 heterocycles.